The Morgan fingerprint density at radius 3 is 2.82 bits per heavy atom. The molecule has 4 nitrogen and oxygen atoms in total. The summed E-state index contributed by atoms with van der Waals surface area (Å²) in [6.45, 7) is 7.32. The van der Waals surface area contributed by atoms with Crippen LogP contribution in [0.4, 0.5) is 5.69 Å². The predicted molar refractivity (Wildman–Crippen MR) is 67.5 cm³/mol. The van der Waals surface area contributed by atoms with Gasteiger partial charge in [-0.3, -0.25) is 4.98 Å². The van der Waals surface area contributed by atoms with Crippen molar-refractivity contribution in [2.24, 2.45) is 11.8 Å². The fraction of sp³-hybridized carbons (Fsp3) is 0.615. The van der Waals surface area contributed by atoms with E-state index in [1.165, 1.54) is 18.8 Å². The highest BCUT2D eigenvalue weighted by Gasteiger charge is 2.36. The maximum atomic E-state index is 5.50. The quantitative estimate of drug-likeness (QED) is 0.849. The number of ether oxygens (including phenoxy) is 1. The standard InChI is InChI=1S/C13H19N3O/c1-2-17-13-3-12(6-15-7-13)16-8-10-4-14-5-11(10)9-16/h3,6-7,10-11,14H,2,4-5,8-9H2,1H3/t10-,11+. The third-order valence-electron chi connectivity index (χ3n) is 3.76. The molecule has 1 aromatic heterocycles. The Labute approximate surface area is 102 Å². The fourth-order valence-corrected chi connectivity index (χ4v) is 2.89. The van der Waals surface area contributed by atoms with Crippen molar-refractivity contribution < 1.29 is 4.74 Å². The Morgan fingerprint density at radius 1 is 1.35 bits per heavy atom. The van der Waals surface area contributed by atoms with Gasteiger partial charge in [0, 0.05) is 32.2 Å². The van der Waals surface area contributed by atoms with Gasteiger partial charge in [-0.15, -0.1) is 0 Å². The minimum atomic E-state index is 0.695. The molecule has 2 fully saturated rings. The molecule has 4 heteroatoms. The van der Waals surface area contributed by atoms with E-state index in [-0.39, 0.29) is 0 Å². The molecule has 1 aromatic rings. The van der Waals surface area contributed by atoms with Crippen LogP contribution in [-0.4, -0.2) is 37.8 Å². The molecule has 0 radical (unpaired) electrons. The van der Waals surface area contributed by atoms with Crippen molar-refractivity contribution >= 4 is 5.69 Å². The van der Waals surface area contributed by atoms with Gasteiger partial charge in [0.25, 0.3) is 0 Å². The molecule has 2 atom stereocenters. The summed E-state index contributed by atoms with van der Waals surface area (Å²) in [5.41, 5.74) is 1.20. The molecule has 0 saturated carbocycles. The molecular formula is C13H19N3O. The van der Waals surface area contributed by atoms with E-state index in [0.29, 0.717) is 6.61 Å². The second-order valence-corrected chi connectivity index (χ2v) is 4.90. The van der Waals surface area contributed by atoms with E-state index in [0.717, 1.165) is 30.7 Å². The molecule has 2 aliphatic rings. The highest BCUT2D eigenvalue weighted by molar-refractivity contribution is 5.49. The fourth-order valence-electron chi connectivity index (χ4n) is 2.89. The van der Waals surface area contributed by atoms with Crippen LogP contribution in [0.2, 0.25) is 0 Å². The van der Waals surface area contributed by atoms with Gasteiger partial charge in [-0.2, -0.15) is 0 Å². The minimum Gasteiger partial charge on any atom is -0.492 e. The summed E-state index contributed by atoms with van der Waals surface area (Å²) in [6.07, 6.45) is 3.72. The van der Waals surface area contributed by atoms with Gasteiger partial charge >= 0.3 is 0 Å². The van der Waals surface area contributed by atoms with E-state index in [9.17, 15) is 0 Å². The summed E-state index contributed by atoms with van der Waals surface area (Å²) >= 11 is 0. The number of nitrogens with one attached hydrogen (secondary N) is 1. The van der Waals surface area contributed by atoms with Crippen molar-refractivity contribution in [1.82, 2.24) is 10.3 Å². The summed E-state index contributed by atoms with van der Waals surface area (Å²) in [4.78, 5) is 6.70. The maximum Gasteiger partial charge on any atom is 0.139 e. The van der Waals surface area contributed by atoms with E-state index in [4.69, 9.17) is 4.74 Å². The maximum absolute atomic E-state index is 5.50. The molecule has 17 heavy (non-hydrogen) atoms. The molecule has 0 aromatic carbocycles. The highest BCUT2D eigenvalue weighted by atomic mass is 16.5. The summed E-state index contributed by atoms with van der Waals surface area (Å²) in [5.74, 6) is 2.50. The highest BCUT2D eigenvalue weighted by Crippen LogP contribution is 2.31. The number of rotatable bonds is 3. The van der Waals surface area contributed by atoms with Crippen molar-refractivity contribution in [2.75, 3.05) is 37.7 Å². The monoisotopic (exact) mass is 233 g/mol. The molecule has 2 aliphatic heterocycles. The molecule has 1 N–H and O–H groups in total. The van der Waals surface area contributed by atoms with Gasteiger partial charge in [-0.05, 0) is 18.8 Å². The van der Waals surface area contributed by atoms with Crippen LogP contribution in [0.1, 0.15) is 6.92 Å². The number of anilines is 1. The largest absolute Gasteiger partial charge is 0.492 e. The smallest absolute Gasteiger partial charge is 0.139 e. The Balaban J connectivity index is 1.74. The molecule has 0 aliphatic carbocycles. The van der Waals surface area contributed by atoms with Crippen molar-refractivity contribution in [3.63, 3.8) is 0 Å². The van der Waals surface area contributed by atoms with Crippen LogP contribution in [0.15, 0.2) is 18.5 Å². The van der Waals surface area contributed by atoms with Crippen molar-refractivity contribution in [3.05, 3.63) is 18.5 Å². The van der Waals surface area contributed by atoms with Crippen LogP contribution in [0.25, 0.3) is 0 Å². The first-order chi connectivity index (χ1) is 8.36. The van der Waals surface area contributed by atoms with Gasteiger partial charge in [-0.25, -0.2) is 0 Å². The Hall–Kier alpha value is -1.29. The van der Waals surface area contributed by atoms with Crippen molar-refractivity contribution in [3.8, 4) is 5.75 Å². The molecular weight excluding hydrogens is 214 g/mol. The van der Waals surface area contributed by atoms with Crippen LogP contribution >= 0.6 is 0 Å². The molecule has 2 saturated heterocycles. The van der Waals surface area contributed by atoms with Crippen LogP contribution in [0.5, 0.6) is 5.75 Å². The van der Waals surface area contributed by atoms with Gasteiger partial charge in [0.1, 0.15) is 5.75 Å². The SMILES string of the molecule is CCOc1cncc(N2C[C@H]3CNC[C@H]3C2)c1. The molecule has 0 spiro atoms. The van der Waals surface area contributed by atoms with E-state index in [1.807, 2.05) is 13.1 Å². The topological polar surface area (TPSA) is 37.4 Å². The second kappa shape index (κ2) is 4.53. The van der Waals surface area contributed by atoms with Gasteiger partial charge in [-0.1, -0.05) is 0 Å². The second-order valence-electron chi connectivity index (χ2n) is 4.90. The van der Waals surface area contributed by atoms with Crippen LogP contribution < -0.4 is 15.0 Å². The lowest BCUT2D eigenvalue weighted by atomic mass is 10.0. The summed E-state index contributed by atoms with van der Waals surface area (Å²) in [6, 6.07) is 2.10. The number of hydrogen-bond donors (Lipinski definition) is 1. The van der Waals surface area contributed by atoms with Crippen LogP contribution in [-0.2, 0) is 0 Å². The first-order valence-corrected chi connectivity index (χ1v) is 6.40. The number of fused-ring (bicyclic) bond motifs is 1. The number of pyridine rings is 1. The summed E-state index contributed by atoms with van der Waals surface area (Å²) < 4.78 is 5.50. The average Bonchev–Trinajstić information content (AvgIpc) is 2.89. The van der Waals surface area contributed by atoms with Gasteiger partial charge < -0.3 is 15.0 Å². The van der Waals surface area contributed by atoms with Gasteiger partial charge in [0.2, 0.25) is 0 Å². The van der Waals surface area contributed by atoms with Crippen LogP contribution in [0, 0.1) is 11.8 Å². The molecule has 0 amide bonds. The van der Waals surface area contributed by atoms with Crippen molar-refractivity contribution in [2.45, 2.75) is 6.92 Å². The zero-order valence-corrected chi connectivity index (χ0v) is 10.2. The number of hydrogen-bond acceptors (Lipinski definition) is 4. The Kier molecular flexibility index (Phi) is 2.89. The molecule has 3 rings (SSSR count). The lowest BCUT2D eigenvalue weighted by Gasteiger charge is -2.19. The Morgan fingerprint density at radius 2 is 2.12 bits per heavy atom. The zero-order valence-electron chi connectivity index (χ0n) is 10.2. The average molecular weight is 233 g/mol. The van der Waals surface area contributed by atoms with Crippen LogP contribution in [0.3, 0.4) is 0 Å². The Bertz CT molecular complexity index is 384. The van der Waals surface area contributed by atoms with E-state index in [2.05, 4.69) is 21.3 Å². The lowest BCUT2D eigenvalue weighted by molar-refractivity contribution is 0.339. The third kappa shape index (κ3) is 2.09. The molecule has 0 bridgehead atoms. The molecule has 0 unspecified atom stereocenters. The first-order valence-electron chi connectivity index (χ1n) is 6.40. The molecule has 3 heterocycles. The third-order valence-corrected chi connectivity index (χ3v) is 3.76. The zero-order chi connectivity index (χ0) is 11.7. The number of aromatic nitrogens is 1. The van der Waals surface area contributed by atoms with Crippen molar-refractivity contribution in [1.29, 1.82) is 0 Å². The van der Waals surface area contributed by atoms with E-state index >= 15 is 0 Å². The van der Waals surface area contributed by atoms with Gasteiger partial charge in [0.05, 0.1) is 24.7 Å². The van der Waals surface area contributed by atoms with E-state index < -0.39 is 0 Å². The van der Waals surface area contributed by atoms with Gasteiger partial charge in [0.15, 0.2) is 0 Å². The number of nitrogens with zero attached hydrogens (tertiary/aromatic N) is 2. The first kappa shape index (κ1) is 10.8. The molecule has 92 valence electrons. The predicted octanol–water partition coefficient (Wildman–Crippen LogP) is 1.14. The lowest BCUT2D eigenvalue weighted by Crippen LogP contribution is -2.25. The normalized spacial score (nSPS) is 27.2. The summed E-state index contributed by atoms with van der Waals surface area (Å²) in [5, 5.41) is 3.46. The minimum absolute atomic E-state index is 0.695. The van der Waals surface area contributed by atoms with E-state index in [1.54, 1.807) is 6.20 Å². The summed E-state index contributed by atoms with van der Waals surface area (Å²) in [7, 11) is 0.